The molecule has 0 fully saturated rings. The fourth-order valence-corrected chi connectivity index (χ4v) is 2.36. The van der Waals surface area contributed by atoms with E-state index in [2.05, 4.69) is 27.3 Å². The van der Waals surface area contributed by atoms with Gasteiger partial charge in [-0.1, -0.05) is 12.1 Å². The summed E-state index contributed by atoms with van der Waals surface area (Å²) in [7, 11) is 0. The normalized spacial score (nSPS) is 9.85. The minimum Gasteiger partial charge on any atom is -0.494 e. The van der Waals surface area contributed by atoms with Crippen LogP contribution < -0.4 is 10.1 Å². The van der Waals surface area contributed by atoms with Gasteiger partial charge in [0.1, 0.15) is 5.75 Å². The maximum absolute atomic E-state index is 8.84. The number of nitrogens with zero attached hydrogens (tertiary/aromatic N) is 1. The van der Waals surface area contributed by atoms with Crippen LogP contribution in [-0.2, 0) is 6.54 Å². The molecule has 0 aliphatic carbocycles. The van der Waals surface area contributed by atoms with Crippen molar-refractivity contribution in [1.82, 2.24) is 0 Å². The fourth-order valence-electron chi connectivity index (χ4n) is 1.84. The van der Waals surface area contributed by atoms with E-state index in [9.17, 15) is 0 Å². The number of hydrogen-bond acceptors (Lipinski definition) is 3. The van der Waals surface area contributed by atoms with Crippen LogP contribution in [-0.4, -0.2) is 6.61 Å². The number of ether oxygens (including phenoxy) is 1. The van der Waals surface area contributed by atoms with Gasteiger partial charge in [0.25, 0.3) is 0 Å². The molecule has 0 saturated carbocycles. The molecule has 0 aliphatic rings. The van der Waals surface area contributed by atoms with Crippen LogP contribution in [0.25, 0.3) is 0 Å². The molecule has 3 nitrogen and oxygen atoms in total. The van der Waals surface area contributed by atoms with Gasteiger partial charge in [-0.3, -0.25) is 0 Å². The predicted molar refractivity (Wildman–Crippen MR) is 83.8 cm³/mol. The quantitative estimate of drug-likeness (QED) is 0.887. The van der Waals surface area contributed by atoms with E-state index in [0.717, 1.165) is 21.5 Å². The summed E-state index contributed by atoms with van der Waals surface area (Å²) in [5.41, 5.74) is 2.75. The maximum atomic E-state index is 8.84. The summed E-state index contributed by atoms with van der Waals surface area (Å²) in [6.45, 7) is 3.34. The molecule has 2 rings (SSSR count). The molecule has 0 aromatic heterocycles. The Morgan fingerprint density at radius 2 is 2.10 bits per heavy atom. The van der Waals surface area contributed by atoms with Crippen LogP contribution in [0.4, 0.5) is 5.69 Å². The lowest BCUT2D eigenvalue weighted by Crippen LogP contribution is -2.01. The van der Waals surface area contributed by atoms with Gasteiger partial charge in [-0.05, 0) is 58.7 Å². The lowest BCUT2D eigenvalue weighted by atomic mass is 10.2. The van der Waals surface area contributed by atoms with Crippen LogP contribution in [0.15, 0.2) is 46.9 Å². The van der Waals surface area contributed by atoms with Crippen molar-refractivity contribution >= 4 is 21.6 Å². The van der Waals surface area contributed by atoms with E-state index >= 15 is 0 Å². The van der Waals surface area contributed by atoms with Gasteiger partial charge in [0.05, 0.1) is 18.2 Å². The number of halogens is 1. The topological polar surface area (TPSA) is 45.0 Å². The molecule has 0 amide bonds. The summed E-state index contributed by atoms with van der Waals surface area (Å²) in [5, 5.41) is 12.2. The zero-order valence-electron chi connectivity index (χ0n) is 11.2. The zero-order valence-corrected chi connectivity index (χ0v) is 12.8. The molecule has 0 atom stereocenters. The highest BCUT2D eigenvalue weighted by Crippen LogP contribution is 2.24. The molecule has 2 aromatic rings. The number of nitrogens with one attached hydrogen (secondary N) is 1. The largest absolute Gasteiger partial charge is 0.494 e. The van der Waals surface area contributed by atoms with Crippen molar-refractivity contribution < 1.29 is 4.74 Å². The molecule has 20 heavy (non-hydrogen) atoms. The molecule has 0 heterocycles. The Kier molecular flexibility index (Phi) is 5.03. The Morgan fingerprint density at radius 1 is 1.25 bits per heavy atom. The third-order valence-electron chi connectivity index (χ3n) is 2.79. The van der Waals surface area contributed by atoms with E-state index in [1.807, 2.05) is 37.3 Å². The highest BCUT2D eigenvalue weighted by Gasteiger charge is 2.02. The Labute approximate surface area is 127 Å². The SMILES string of the molecule is CCOc1cccc(CNc2ccc(C#N)cc2Br)c1. The summed E-state index contributed by atoms with van der Waals surface area (Å²) >= 11 is 3.46. The van der Waals surface area contributed by atoms with Crippen molar-refractivity contribution in [2.24, 2.45) is 0 Å². The van der Waals surface area contributed by atoms with Crippen molar-refractivity contribution in [3.05, 3.63) is 58.1 Å². The number of anilines is 1. The first-order chi connectivity index (χ1) is 9.72. The molecule has 0 spiro atoms. The second-order valence-electron chi connectivity index (χ2n) is 4.24. The van der Waals surface area contributed by atoms with E-state index in [4.69, 9.17) is 10.00 Å². The number of hydrogen-bond donors (Lipinski definition) is 1. The summed E-state index contributed by atoms with van der Waals surface area (Å²) in [6, 6.07) is 15.6. The third-order valence-corrected chi connectivity index (χ3v) is 3.45. The van der Waals surface area contributed by atoms with E-state index in [1.54, 1.807) is 12.1 Å². The van der Waals surface area contributed by atoms with E-state index in [1.165, 1.54) is 0 Å². The molecule has 0 bridgehead atoms. The van der Waals surface area contributed by atoms with Crippen molar-refractivity contribution in [2.45, 2.75) is 13.5 Å². The number of nitriles is 1. The van der Waals surface area contributed by atoms with Crippen LogP contribution in [0.1, 0.15) is 18.1 Å². The van der Waals surface area contributed by atoms with Gasteiger partial charge in [-0.25, -0.2) is 0 Å². The average Bonchev–Trinajstić information content (AvgIpc) is 2.46. The van der Waals surface area contributed by atoms with Crippen LogP contribution >= 0.6 is 15.9 Å². The minimum absolute atomic E-state index is 0.640. The van der Waals surface area contributed by atoms with Crippen molar-refractivity contribution in [1.29, 1.82) is 5.26 Å². The lowest BCUT2D eigenvalue weighted by molar-refractivity contribution is 0.340. The first-order valence-electron chi connectivity index (χ1n) is 6.38. The summed E-state index contributed by atoms with van der Waals surface area (Å²) in [4.78, 5) is 0. The second-order valence-corrected chi connectivity index (χ2v) is 5.09. The van der Waals surface area contributed by atoms with Gasteiger partial charge < -0.3 is 10.1 Å². The van der Waals surface area contributed by atoms with Gasteiger partial charge in [-0.2, -0.15) is 5.26 Å². The smallest absolute Gasteiger partial charge is 0.119 e. The van der Waals surface area contributed by atoms with Gasteiger partial charge >= 0.3 is 0 Å². The molecule has 0 saturated heterocycles. The molecule has 0 radical (unpaired) electrons. The van der Waals surface area contributed by atoms with Crippen LogP contribution in [0.3, 0.4) is 0 Å². The van der Waals surface area contributed by atoms with E-state index in [0.29, 0.717) is 18.7 Å². The predicted octanol–water partition coefficient (Wildman–Crippen LogP) is 4.33. The van der Waals surface area contributed by atoms with Gasteiger partial charge in [0, 0.05) is 16.7 Å². The molecule has 1 N–H and O–H groups in total. The third kappa shape index (κ3) is 3.75. The molecule has 4 heteroatoms. The highest BCUT2D eigenvalue weighted by molar-refractivity contribution is 9.10. The van der Waals surface area contributed by atoms with Crippen molar-refractivity contribution in [2.75, 3.05) is 11.9 Å². The first kappa shape index (κ1) is 14.4. The summed E-state index contributed by atoms with van der Waals surface area (Å²) in [6.07, 6.45) is 0. The number of benzene rings is 2. The monoisotopic (exact) mass is 330 g/mol. The fraction of sp³-hybridized carbons (Fsp3) is 0.188. The van der Waals surface area contributed by atoms with Gasteiger partial charge in [0.15, 0.2) is 0 Å². The van der Waals surface area contributed by atoms with Crippen LogP contribution in [0.2, 0.25) is 0 Å². The standard InChI is InChI=1S/C16H15BrN2O/c1-2-20-14-5-3-4-13(8-14)11-19-16-7-6-12(10-18)9-15(16)17/h3-9,19H,2,11H2,1H3. The lowest BCUT2D eigenvalue weighted by Gasteiger charge is -2.10. The average molecular weight is 331 g/mol. The minimum atomic E-state index is 0.640. The molecular formula is C16H15BrN2O. The molecule has 0 unspecified atom stereocenters. The molecule has 0 aliphatic heterocycles. The van der Waals surface area contributed by atoms with Crippen molar-refractivity contribution in [3.8, 4) is 11.8 Å². The van der Waals surface area contributed by atoms with Gasteiger partial charge in [-0.15, -0.1) is 0 Å². The molecule has 102 valence electrons. The highest BCUT2D eigenvalue weighted by atomic mass is 79.9. The second kappa shape index (κ2) is 6.97. The molecule has 2 aromatic carbocycles. The Morgan fingerprint density at radius 3 is 2.80 bits per heavy atom. The maximum Gasteiger partial charge on any atom is 0.119 e. The number of rotatable bonds is 5. The Balaban J connectivity index is 2.05. The Hall–Kier alpha value is -1.99. The van der Waals surface area contributed by atoms with E-state index in [-0.39, 0.29) is 0 Å². The summed E-state index contributed by atoms with van der Waals surface area (Å²) in [5.74, 6) is 0.880. The van der Waals surface area contributed by atoms with Crippen molar-refractivity contribution in [3.63, 3.8) is 0 Å². The first-order valence-corrected chi connectivity index (χ1v) is 7.17. The zero-order chi connectivity index (χ0) is 14.4. The molecular weight excluding hydrogens is 316 g/mol. The Bertz CT molecular complexity index is 635. The van der Waals surface area contributed by atoms with Gasteiger partial charge in [0.2, 0.25) is 0 Å². The van der Waals surface area contributed by atoms with E-state index < -0.39 is 0 Å². The van der Waals surface area contributed by atoms with Crippen LogP contribution in [0.5, 0.6) is 5.75 Å². The van der Waals surface area contributed by atoms with Crippen LogP contribution in [0, 0.1) is 11.3 Å². The summed E-state index contributed by atoms with van der Waals surface area (Å²) < 4.78 is 6.37.